The van der Waals surface area contributed by atoms with Gasteiger partial charge in [-0.3, -0.25) is 0 Å². The molecule has 1 aromatic rings. The number of hydrogen-bond donors (Lipinski definition) is 2. The number of hydrogen-bond acceptors (Lipinski definition) is 5. The first-order valence-electron chi connectivity index (χ1n) is 5.97. The normalized spacial score (nSPS) is 10.2. The molecule has 0 aliphatic carbocycles. The Morgan fingerprint density at radius 1 is 1.50 bits per heavy atom. The van der Waals surface area contributed by atoms with Gasteiger partial charge in [-0.05, 0) is 31.5 Å². The van der Waals surface area contributed by atoms with Gasteiger partial charge < -0.3 is 20.5 Å². The van der Waals surface area contributed by atoms with E-state index in [0.29, 0.717) is 24.2 Å². The molecule has 1 aromatic carbocycles. The molecule has 0 radical (unpaired) electrons. The lowest BCUT2D eigenvalue weighted by molar-refractivity contribution is 0.0601. The average Bonchev–Trinajstić information content (AvgIpc) is 2.40. The van der Waals surface area contributed by atoms with Crippen molar-refractivity contribution in [2.45, 2.75) is 13.3 Å². The second-order valence-electron chi connectivity index (χ2n) is 3.92. The smallest absolute Gasteiger partial charge is 0.337 e. The fraction of sp³-hybridized carbons (Fsp3) is 0.462. The van der Waals surface area contributed by atoms with E-state index < -0.39 is 0 Å². The van der Waals surface area contributed by atoms with Crippen LogP contribution in [0.2, 0.25) is 0 Å². The van der Waals surface area contributed by atoms with Crippen molar-refractivity contribution in [2.75, 3.05) is 37.4 Å². The van der Waals surface area contributed by atoms with E-state index in [2.05, 4.69) is 4.74 Å². The highest BCUT2D eigenvalue weighted by atomic mass is 16.5. The van der Waals surface area contributed by atoms with Crippen molar-refractivity contribution in [3.05, 3.63) is 23.8 Å². The van der Waals surface area contributed by atoms with Crippen LogP contribution >= 0.6 is 0 Å². The summed E-state index contributed by atoms with van der Waals surface area (Å²) >= 11 is 0. The lowest BCUT2D eigenvalue weighted by Crippen LogP contribution is -2.25. The number of methoxy groups -OCH3 is 1. The van der Waals surface area contributed by atoms with Gasteiger partial charge in [0.1, 0.15) is 0 Å². The minimum atomic E-state index is -0.380. The molecule has 0 spiro atoms. The number of aliphatic hydroxyl groups is 1. The Labute approximate surface area is 107 Å². The summed E-state index contributed by atoms with van der Waals surface area (Å²) in [6, 6.07) is 5.07. The number of esters is 1. The summed E-state index contributed by atoms with van der Waals surface area (Å²) in [5.41, 5.74) is 7.81. The van der Waals surface area contributed by atoms with Crippen LogP contribution in [0.15, 0.2) is 18.2 Å². The van der Waals surface area contributed by atoms with E-state index in [1.807, 2.05) is 11.8 Å². The number of nitrogens with two attached hydrogens (primary N) is 1. The Morgan fingerprint density at radius 2 is 2.22 bits per heavy atom. The molecule has 0 saturated carbocycles. The van der Waals surface area contributed by atoms with Crippen molar-refractivity contribution in [1.82, 2.24) is 0 Å². The Balaban J connectivity index is 3.00. The van der Waals surface area contributed by atoms with Crippen molar-refractivity contribution in [3.63, 3.8) is 0 Å². The maximum Gasteiger partial charge on any atom is 0.337 e. The Kier molecular flexibility index (Phi) is 5.45. The number of rotatable bonds is 6. The molecule has 0 atom stereocenters. The third kappa shape index (κ3) is 3.37. The van der Waals surface area contributed by atoms with E-state index in [0.717, 1.165) is 12.2 Å². The van der Waals surface area contributed by atoms with Crippen LogP contribution in [0.1, 0.15) is 23.7 Å². The SMILES string of the molecule is CCN(CCCO)c1cc(C(=O)OC)ccc1N. The quantitative estimate of drug-likeness (QED) is 0.589. The molecule has 0 bridgehead atoms. The number of carbonyl (C=O) groups is 1. The Hall–Kier alpha value is -1.75. The van der Waals surface area contributed by atoms with Crippen LogP contribution in [0.4, 0.5) is 11.4 Å². The van der Waals surface area contributed by atoms with Gasteiger partial charge >= 0.3 is 5.97 Å². The number of aliphatic hydroxyl groups excluding tert-OH is 1. The van der Waals surface area contributed by atoms with Crippen molar-refractivity contribution in [2.24, 2.45) is 0 Å². The monoisotopic (exact) mass is 252 g/mol. The number of nitrogens with zero attached hydrogens (tertiary/aromatic N) is 1. The van der Waals surface area contributed by atoms with Crippen molar-refractivity contribution < 1.29 is 14.6 Å². The van der Waals surface area contributed by atoms with Crippen molar-refractivity contribution >= 4 is 17.3 Å². The molecule has 0 saturated heterocycles. The molecule has 3 N–H and O–H groups in total. The summed E-state index contributed by atoms with van der Waals surface area (Å²) in [6.07, 6.45) is 0.662. The standard InChI is InChI=1S/C13H20N2O3/c1-3-15(7-4-8-16)12-9-10(13(17)18-2)5-6-11(12)14/h5-6,9,16H,3-4,7-8,14H2,1-2H3. The van der Waals surface area contributed by atoms with Gasteiger partial charge in [-0.15, -0.1) is 0 Å². The molecular weight excluding hydrogens is 232 g/mol. The predicted octanol–water partition coefficient (Wildman–Crippen LogP) is 1.26. The molecule has 100 valence electrons. The van der Waals surface area contributed by atoms with E-state index in [9.17, 15) is 4.79 Å². The minimum absolute atomic E-state index is 0.132. The molecule has 0 amide bonds. The van der Waals surface area contributed by atoms with E-state index >= 15 is 0 Å². The van der Waals surface area contributed by atoms with E-state index in [1.165, 1.54) is 7.11 Å². The Bertz CT molecular complexity index is 407. The number of nitrogen functional groups attached to an aromatic ring is 1. The zero-order valence-corrected chi connectivity index (χ0v) is 10.8. The van der Waals surface area contributed by atoms with Gasteiger partial charge in [-0.1, -0.05) is 0 Å². The lowest BCUT2D eigenvalue weighted by Gasteiger charge is -2.24. The second kappa shape index (κ2) is 6.86. The third-order valence-electron chi connectivity index (χ3n) is 2.76. The first-order chi connectivity index (χ1) is 8.63. The Morgan fingerprint density at radius 3 is 2.78 bits per heavy atom. The molecule has 1 rings (SSSR count). The van der Waals surface area contributed by atoms with Crippen LogP contribution in [0, 0.1) is 0 Å². The van der Waals surface area contributed by atoms with Gasteiger partial charge in [-0.25, -0.2) is 4.79 Å². The molecule has 0 aromatic heterocycles. The summed E-state index contributed by atoms with van der Waals surface area (Å²) in [5.74, 6) is -0.380. The second-order valence-corrected chi connectivity index (χ2v) is 3.92. The summed E-state index contributed by atoms with van der Waals surface area (Å²) < 4.78 is 4.69. The molecular formula is C13H20N2O3. The largest absolute Gasteiger partial charge is 0.465 e. The molecule has 0 fully saturated rings. The van der Waals surface area contributed by atoms with Crippen LogP contribution in [0.25, 0.3) is 0 Å². The molecule has 0 heterocycles. The van der Waals surface area contributed by atoms with E-state index in [-0.39, 0.29) is 12.6 Å². The molecule has 0 unspecified atom stereocenters. The first kappa shape index (κ1) is 14.3. The molecule has 18 heavy (non-hydrogen) atoms. The van der Waals surface area contributed by atoms with Gasteiger partial charge in [0.05, 0.1) is 24.0 Å². The van der Waals surface area contributed by atoms with Crippen LogP contribution < -0.4 is 10.6 Å². The molecule has 0 aliphatic rings. The van der Waals surface area contributed by atoms with Crippen LogP contribution in [-0.4, -0.2) is 37.9 Å². The van der Waals surface area contributed by atoms with Gasteiger partial charge in [-0.2, -0.15) is 0 Å². The van der Waals surface area contributed by atoms with Gasteiger partial charge in [0.15, 0.2) is 0 Å². The fourth-order valence-electron chi connectivity index (χ4n) is 1.77. The number of benzene rings is 1. The molecule has 0 aliphatic heterocycles. The highest BCUT2D eigenvalue weighted by molar-refractivity contribution is 5.92. The van der Waals surface area contributed by atoms with Crippen LogP contribution in [0.5, 0.6) is 0 Å². The highest BCUT2D eigenvalue weighted by Gasteiger charge is 2.12. The summed E-state index contributed by atoms with van der Waals surface area (Å²) in [5, 5.41) is 8.88. The first-order valence-corrected chi connectivity index (χ1v) is 5.97. The summed E-state index contributed by atoms with van der Waals surface area (Å²) in [6.45, 7) is 3.59. The lowest BCUT2D eigenvalue weighted by atomic mass is 10.1. The van der Waals surface area contributed by atoms with Crippen LogP contribution in [0.3, 0.4) is 0 Å². The van der Waals surface area contributed by atoms with Crippen molar-refractivity contribution in [1.29, 1.82) is 0 Å². The number of carbonyl (C=O) groups excluding carboxylic acids is 1. The average molecular weight is 252 g/mol. The van der Waals surface area contributed by atoms with E-state index in [4.69, 9.17) is 10.8 Å². The van der Waals surface area contributed by atoms with E-state index in [1.54, 1.807) is 18.2 Å². The number of anilines is 2. The maximum absolute atomic E-state index is 11.5. The van der Waals surface area contributed by atoms with Gasteiger partial charge in [0, 0.05) is 19.7 Å². The molecule has 5 heteroatoms. The van der Waals surface area contributed by atoms with Crippen molar-refractivity contribution in [3.8, 4) is 0 Å². The predicted molar refractivity (Wildman–Crippen MR) is 71.8 cm³/mol. The maximum atomic E-state index is 11.5. The summed E-state index contributed by atoms with van der Waals surface area (Å²) in [4.78, 5) is 13.5. The number of ether oxygens (including phenoxy) is 1. The van der Waals surface area contributed by atoms with Gasteiger partial charge in [0.2, 0.25) is 0 Å². The highest BCUT2D eigenvalue weighted by Crippen LogP contribution is 2.25. The fourth-order valence-corrected chi connectivity index (χ4v) is 1.77. The van der Waals surface area contributed by atoms with Gasteiger partial charge in [0.25, 0.3) is 0 Å². The molecule has 5 nitrogen and oxygen atoms in total. The third-order valence-corrected chi connectivity index (χ3v) is 2.76. The zero-order chi connectivity index (χ0) is 13.5. The minimum Gasteiger partial charge on any atom is -0.465 e. The van der Waals surface area contributed by atoms with Crippen LogP contribution in [-0.2, 0) is 4.74 Å². The summed E-state index contributed by atoms with van der Waals surface area (Å²) in [7, 11) is 1.35. The topological polar surface area (TPSA) is 75.8 Å². The zero-order valence-electron chi connectivity index (χ0n) is 10.8.